The van der Waals surface area contributed by atoms with E-state index in [0.29, 0.717) is 32.7 Å². The first-order valence-electron chi connectivity index (χ1n) is 9.65. The van der Waals surface area contributed by atoms with Gasteiger partial charge in [0.25, 0.3) is 0 Å². The Kier molecular flexibility index (Phi) is 6.80. The number of rotatable bonds is 7. The summed E-state index contributed by atoms with van der Waals surface area (Å²) in [6, 6.07) is 8.03. The Labute approximate surface area is 181 Å². The number of aromatic nitrogens is 2. The van der Waals surface area contributed by atoms with E-state index in [1.165, 1.54) is 5.56 Å². The number of hydrogen-bond donors (Lipinski definition) is 0. The van der Waals surface area contributed by atoms with Gasteiger partial charge < -0.3 is 4.74 Å². The molecule has 0 saturated carbocycles. The molecule has 3 rings (SSSR count). The van der Waals surface area contributed by atoms with Crippen LogP contribution in [0, 0.1) is 6.92 Å². The van der Waals surface area contributed by atoms with Gasteiger partial charge in [-0.2, -0.15) is 4.98 Å². The third-order valence-corrected chi connectivity index (χ3v) is 5.87. The average molecular weight is 440 g/mol. The van der Waals surface area contributed by atoms with Crippen LogP contribution in [-0.2, 0) is 7.05 Å². The minimum Gasteiger partial charge on any atom is -0.424 e. The maximum Gasteiger partial charge on any atom is 0.302 e. The summed E-state index contributed by atoms with van der Waals surface area (Å²) in [6.45, 7) is 6.35. The number of fused-ring (bicyclic) bond motifs is 1. The Hall–Kier alpha value is -1.42. The predicted molar refractivity (Wildman–Crippen MR) is 120 cm³/mol. The Morgan fingerprint density at radius 3 is 2.32 bits per heavy atom. The van der Waals surface area contributed by atoms with Crippen LogP contribution in [0.1, 0.15) is 56.6 Å². The van der Waals surface area contributed by atoms with E-state index < -0.39 is 0 Å². The van der Waals surface area contributed by atoms with Gasteiger partial charge in [-0.25, -0.2) is 0 Å². The summed E-state index contributed by atoms with van der Waals surface area (Å²) < 4.78 is 8.09. The first-order chi connectivity index (χ1) is 13.4. The topological polar surface area (TPSA) is 27.1 Å². The molecule has 3 nitrogen and oxygen atoms in total. The number of benzene rings is 2. The number of halogens is 3. The summed E-state index contributed by atoms with van der Waals surface area (Å²) >= 11 is 18.9. The second-order valence-electron chi connectivity index (χ2n) is 7.20. The summed E-state index contributed by atoms with van der Waals surface area (Å²) in [6.07, 6.45) is 4.53. The standard InChI is InChI=1S/C22H25Cl3N2O/c1-5-7-14(8-6-2)16-9-10-17(24)19-20(16)27(4)22(26-19)28-21-13(3)11-15(23)12-18(21)25/h9-12,14H,5-8H2,1-4H3. The predicted octanol–water partition coefficient (Wildman–Crippen LogP) is 8.32. The van der Waals surface area contributed by atoms with Crippen LogP contribution in [0.2, 0.25) is 15.1 Å². The maximum atomic E-state index is 6.48. The van der Waals surface area contributed by atoms with E-state index in [9.17, 15) is 0 Å². The van der Waals surface area contributed by atoms with Crippen molar-refractivity contribution in [3.63, 3.8) is 0 Å². The van der Waals surface area contributed by atoms with Crippen LogP contribution in [0.3, 0.4) is 0 Å². The number of aryl methyl sites for hydroxylation is 2. The largest absolute Gasteiger partial charge is 0.424 e. The van der Waals surface area contributed by atoms with Crippen molar-refractivity contribution in [2.24, 2.45) is 7.05 Å². The van der Waals surface area contributed by atoms with E-state index in [2.05, 4.69) is 19.9 Å². The lowest BCUT2D eigenvalue weighted by Gasteiger charge is -2.18. The second-order valence-corrected chi connectivity index (χ2v) is 8.45. The van der Waals surface area contributed by atoms with Gasteiger partial charge >= 0.3 is 6.01 Å². The Bertz CT molecular complexity index is 968. The van der Waals surface area contributed by atoms with Crippen molar-refractivity contribution in [2.45, 2.75) is 52.4 Å². The minimum atomic E-state index is 0.457. The summed E-state index contributed by atoms with van der Waals surface area (Å²) in [5, 5.41) is 1.65. The summed E-state index contributed by atoms with van der Waals surface area (Å²) in [4.78, 5) is 4.69. The fraction of sp³-hybridized carbons (Fsp3) is 0.409. The van der Waals surface area contributed by atoms with E-state index in [-0.39, 0.29) is 0 Å². The van der Waals surface area contributed by atoms with Gasteiger partial charge in [0.1, 0.15) is 5.52 Å². The molecule has 150 valence electrons. The van der Waals surface area contributed by atoms with Crippen LogP contribution < -0.4 is 4.74 Å². The smallest absolute Gasteiger partial charge is 0.302 e. The van der Waals surface area contributed by atoms with Crippen molar-refractivity contribution < 1.29 is 4.74 Å². The molecule has 0 aliphatic carbocycles. The van der Waals surface area contributed by atoms with E-state index in [0.717, 1.165) is 42.3 Å². The number of imidazole rings is 1. The molecule has 2 aromatic carbocycles. The Balaban J connectivity index is 2.13. The molecule has 0 aliphatic heterocycles. The molecule has 0 bridgehead atoms. The fourth-order valence-corrected chi connectivity index (χ4v) is 4.61. The van der Waals surface area contributed by atoms with Gasteiger partial charge in [0.05, 0.1) is 15.6 Å². The molecule has 0 radical (unpaired) electrons. The molecule has 6 heteroatoms. The van der Waals surface area contributed by atoms with Crippen LogP contribution in [0.25, 0.3) is 11.0 Å². The second kappa shape index (κ2) is 8.94. The van der Waals surface area contributed by atoms with Crippen LogP contribution in [0.4, 0.5) is 0 Å². The van der Waals surface area contributed by atoms with Crippen LogP contribution in [-0.4, -0.2) is 9.55 Å². The lowest BCUT2D eigenvalue weighted by molar-refractivity contribution is 0.425. The van der Waals surface area contributed by atoms with Crippen molar-refractivity contribution >= 4 is 45.8 Å². The van der Waals surface area contributed by atoms with Crippen molar-refractivity contribution in [3.05, 3.63) is 50.5 Å². The van der Waals surface area contributed by atoms with Gasteiger partial charge in [0.15, 0.2) is 5.75 Å². The van der Waals surface area contributed by atoms with Gasteiger partial charge in [0, 0.05) is 12.1 Å². The first-order valence-corrected chi connectivity index (χ1v) is 10.8. The SMILES string of the molecule is CCCC(CCC)c1ccc(Cl)c2nc(Oc3c(C)cc(Cl)cc3Cl)n(C)c12. The zero-order valence-corrected chi connectivity index (χ0v) is 18.9. The lowest BCUT2D eigenvalue weighted by atomic mass is 9.89. The molecule has 28 heavy (non-hydrogen) atoms. The minimum absolute atomic E-state index is 0.457. The molecule has 3 aromatic rings. The molecule has 0 fully saturated rings. The van der Waals surface area contributed by atoms with Crippen molar-refractivity contribution in [1.82, 2.24) is 9.55 Å². The maximum absolute atomic E-state index is 6.48. The zero-order chi connectivity index (χ0) is 20.4. The fourth-order valence-electron chi connectivity index (χ4n) is 3.78. The molecule has 0 saturated heterocycles. The molecule has 0 atom stereocenters. The van der Waals surface area contributed by atoms with E-state index in [1.807, 2.05) is 30.7 Å². The Morgan fingerprint density at radius 2 is 1.71 bits per heavy atom. The highest BCUT2D eigenvalue weighted by Gasteiger charge is 2.21. The molecule has 1 heterocycles. The van der Waals surface area contributed by atoms with Crippen LogP contribution in [0.15, 0.2) is 24.3 Å². The van der Waals surface area contributed by atoms with Crippen molar-refractivity contribution in [2.75, 3.05) is 0 Å². The van der Waals surface area contributed by atoms with Gasteiger partial charge in [-0.3, -0.25) is 4.57 Å². The molecule has 0 aliphatic rings. The third kappa shape index (κ3) is 4.12. The van der Waals surface area contributed by atoms with Gasteiger partial charge in [0.2, 0.25) is 0 Å². The third-order valence-electron chi connectivity index (χ3n) is 5.06. The van der Waals surface area contributed by atoms with E-state index >= 15 is 0 Å². The van der Waals surface area contributed by atoms with Gasteiger partial charge in [-0.1, -0.05) is 67.6 Å². The normalized spacial score (nSPS) is 11.6. The monoisotopic (exact) mass is 438 g/mol. The summed E-state index contributed by atoms with van der Waals surface area (Å²) in [5.41, 5.74) is 3.91. The molecule has 0 spiro atoms. The molecule has 0 N–H and O–H groups in total. The van der Waals surface area contributed by atoms with Crippen LogP contribution >= 0.6 is 34.8 Å². The van der Waals surface area contributed by atoms with E-state index in [4.69, 9.17) is 44.5 Å². The van der Waals surface area contributed by atoms with Crippen molar-refractivity contribution in [3.8, 4) is 11.8 Å². The van der Waals surface area contributed by atoms with E-state index in [1.54, 1.807) is 6.07 Å². The highest BCUT2D eigenvalue weighted by Crippen LogP contribution is 2.39. The van der Waals surface area contributed by atoms with Crippen molar-refractivity contribution in [1.29, 1.82) is 0 Å². The zero-order valence-electron chi connectivity index (χ0n) is 16.7. The molecule has 0 amide bonds. The number of nitrogens with zero attached hydrogens (tertiary/aromatic N) is 2. The quantitative estimate of drug-likeness (QED) is 0.370. The average Bonchev–Trinajstić information content (AvgIpc) is 2.96. The molecular formula is C22H25Cl3N2O. The van der Waals surface area contributed by atoms with Crippen LogP contribution in [0.5, 0.6) is 11.8 Å². The lowest BCUT2D eigenvalue weighted by Crippen LogP contribution is -2.03. The molecule has 0 unspecified atom stereocenters. The number of ether oxygens (including phenoxy) is 1. The molecule has 1 aromatic heterocycles. The van der Waals surface area contributed by atoms with Gasteiger partial charge in [-0.05, 0) is 55.0 Å². The summed E-state index contributed by atoms with van der Waals surface area (Å²) in [5.74, 6) is 1.03. The molecular weight excluding hydrogens is 415 g/mol. The number of hydrogen-bond acceptors (Lipinski definition) is 2. The summed E-state index contributed by atoms with van der Waals surface area (Å²) in [7, 11) is 1.96. The highest BCUT2D eigenvalue weighted by molar-refractivity contribution is 6.36. The van der Waals surface area contributed by atoms with Gasteiger partial charge in [-0.15, -0.1) is 0 Å². The Morgan fingerprint density at radius 1 is 1.04 bits per heavy atom. The highest BCUT2D eigenvalue weighted by atomic mass is 35.5. The first kappa shape index (κ1) is 21.3.